The first-order valence-corrected chi connectivity index (χ1v) is 8.02. The second-order valence-electron chi connectivity index (χ2n) is 6.80. The van der Waals surface area contributed by atoms with Gasteiger partial charge in [-0.2, -0.15) is 5.26 Å². The van der Waals surface area contributed by atoms with E-state index in [0.717, 1.165) is 17.7 Å². The summed E-state index contributed by atoms with van der Waals surface area (Å²) in [4.78, 5) is 12.2. The van der Waals surface area contributed by atoms with Crippen LogP contribution in [-0.2, 0) is 4.79 Å². The molecule has 0 saturated heterocycles. The monoisotopic (exact) mass is 320 g/mol. The van der Waals surface area contributed by atoms with Crippen molar-refractivity contribution in [1.29, 1.82) is 5.26 Å². The van der Waals surface area contributed by atoms with Crippen molar-refractivity contribution in [2.45, 2.75) is 26.3 Å². The highest BCUT2D eigenvalue weighted by Crippen LogP contribution is 2.51. The Labute approximate surface area is 142 Å². The summed E-state index contributed by atoms with van der Waals surface area (Å²) in [6.45, 7) is 4.12. The van der Waals surface area contributed by atoms with E-state index in [0.29, 0.717) is 5.75 Å². The Hall–Kier alpha value is -2.80. The lowest BCUT2D eigenvalue weighted by molar-refractivity contribution is -0.123. The van der Waals surface area contributed by atoms with Crippen molar-refractivity contribution >= 4 is 5.91 Å². The molecule has 1 fully saturated rings. The summed E-state index contributed by atoms with van der Waals surface area (Å²) in [7, 11) is 0. The smallest absolute Gasteiger partial charge is 0.224 e. The summed E-state index contributed by atoms with van der Waals surface area (Å²) in [5.74, 6) is 1.31. The van der Waals surface area contributed by atoms with Crippen molar-refractivity contribution in [1.82, 2.24) is 5.32 Å². The SMILES string of the molecule is CC1(C)CC1C(=O)NC(C#N)c1cccc(Oc2ccccc2)c1. The minimum Gasteiger partial charge on any atom is -0.457 e. The predicted octanol–water partition coefficient (Wildman–Crippen LogP) is 4.21. The largest absolute Gasteiger partial charge is 0.457 e. The third-order valence-corrected chi connectivity index (χ3v) is 4.42. The molecule has 0 radical (unpaired) electrons. The molecular weight excluding hydrogens is 300 g/mol. The van der Waals surface area contributed by atoms with Crippen molar-refractivity contribution < 1.29 is 9.53 Å². The van der Waals surface area contributed by atoms with E-state index in [2.05, 4.69) is 25.2 Å². The van der Waals surface area contributed by atoms with Gasteiger partial charge in [-0.1, -0.05) is 44.2 Å². The summed E-state index contributed by atoms with van der Waals surface area (Å²) >= 11 is 0. The fraction of sp³-hybridized carbons (Fsp3) is 0.300. The number of carbonyl (C=O) groups excluding carboxylic acids is 1. The van der Waals surface area contributed by atoms with E-state index >= 15 is 0 Å². The summed E-state index contributed by atoms with van der Waals surface area (Å²) in [5.41, 5.74) is 0.764. The maximum Gasteiger partial charge on any atom is 0.224 e. The topological polar surface area (TPSA) is 62.1 Å². The molecule has 0 aliphatic heterocycles. The second-order valence-corrected chi connectivity index (χ2v) is 6.80. The number of hydrogen-bond acceptors (Lipinski definition) is 3. The van der Waals surface area contributed by atoms with Gasteiger partial charge < -0.3 is 10.1 Å². The zero-order chi connectivity index (χ0) is 17.2. The normalized spacial score (nSPS) is 19.0. The van der Waals surface area contributed by atoms with Crippen LogP contribution in [0, 0.1) is 22.7 Å². The number of rotatable bonds is 5. The van der Waals surface area contributed by atoms with E-state index in [1.807, 2.05) is 48.5 Å². The van der Waals surface area contributed by atoms with Gasteiger partial charge in [0.25, 0.3) is 0 Å². The van der Waals surface area contributed by atoms with Gasteiger partial charge in [0.15, 0.2) is 0 Å². The molecule has 122 valence electrons. The first kappa shape index (κ1) is 16.1. The molecule has 2 aromatic rings. The van der Waals surface area contributed by atoms with Gasteiger partial charge in [-0.3, -0.25) is 4.79 Å². The molecule has 24 heavy (non-hydrogen) atoms. The average molecular weight is 320 g/mol. The maximum absolute atomic E-state index is 12.2. The van der Waals surface area contributed by atoms with Crippen LogP contribution >= 0.6 is 0 Å². The minimum absolute atomic E-state index is 0.00268. The van der Waals surface area contributed by atoms with Crippen molar-refractivity contribution in [2.24, 2.45) is 11.3 Å². The lowest BCUT2D eigenvalue weighted by atomic mass is 10.1. The Bertz CT molecular complexity index is 778. The highest BCUT2D eigenvalue weighted by atomic mass is 16.5. The van der Waals surface area contributed by atoms with Gasteiger partial charge in [0.05, 0.1) is 6.07 Å². The Morgan fingerprint density at radius 3 is 2.50 bits per heavy atom. The number of nitrogens with one attached hydrogen (secondary N) is 1. The van der Waals surface area contributed by atoms with Crippen LogP contribution in [0.4, 0.5) is 0 Å². The van der Waals surface area contributed by atoms with Gasteiger partial charge in [-0.05, 0) is 41.7 Å². The molecule has 1 N–H and O–H groups in total. The number of nitrogens with zero attached hydrogens (tertiary/aromatic N) is 1. The van der Waals surface area contributed by atoms with Gasteiger partial charge in [0, 0.05) is 5.92 Å². The second kappa shape index (κ2) is 6.37. The van der Waals surface area contributed by atoms with Crippen LogP contribution in [0.15, 0.2) is 54.6 Å². The number of hydrogen-bond donors (Lipinski definition) is 1. The van der Waals surface area contributed by atoms with E-state index < -0.39 is 6.04 Å². The summed E-state index contributed by atoms with van der Waals surface area (Å²) < 4.78 is 5.79. The lowest BCUT2D eigenvalue weighted by Gasteiger charge is -2.14. The van der Waals surface area contributed by atoms with Crippen LogP contribution in [0.3, 0.4) is 0 Å². The summed E-state index contributed by atoms with van der Waals surface area (Å²) in [6, 6.07) is 18.2. The third kappa shape index (κ3) is 3.57. The molecule has 0 bridgehead atoms. The van der Waals surface area contributed by atoms with Crippen LogP contribution in [0.5, 0.6) is 11.5 Å². The van der Waals surface area contributed by atoms with E-state index in [4.69, 9.17) is 4.74 Å². The zero-order valence-corrected chi connectivity index (χ0v) is 13.8. The number of amides is 1. The molecule has 0 heterocycles. The number of ether oxygens (including phenoxy) is 1. The average Bonchev–Trinajstić information content (AvgIpc) is 3.22. The first-order valence-electron chi connectivity index (χ1n) is 8.02. The molecule has 1 aliphatic rings. The molecule has 0 aromatic heterocycles. The number of carbonyl (C=O) groups is 1. The summed E-state index contributed by atoms with van der Waals surface area (Å²) in [6.07, 6.45) is 0.869. The standard InChI is InChI=1S/C20H20N2O2/c1-20(2)12-17(20)19(23)22-18(13-21)14-7-6-10-16(11-14)24-15-8-4-3-5-9-15/h3-11,17-18H,12H2,1-2H3,(H,22,23). The Balaban J connectivity index is 1.72. The highest BCUT2D eigenvalue weighted by molar-refractivity contribution is 5.83. The molecule has 2 unspecified atom stereocenters. The van der Waals surface area contributed by atoms with Gasteiger partial charge in [0.1, 0.15) is 17.5 Å². The minimum atomic E-state index is -0.673. The number of benzene rings is 2. The van der Waals surface area contributed by atoms with Crippen molar-refractivity contribution in [3.63, 3.8) is 0 Å². The fourth-order valence-corrected chi connectivity index (χ4v) is 2.73. The van der Waals surface area contributed by atoms with Crippen molar-refractivity contribution in [2.75, 3.05) is 0 Å². The zero-order valence-electron chi connectivity index (χ0n) is 13.8. The molecule has 0 spiro atoms. The quantitative estimate of drug-likeness (QED) is 0.898. The fourth-order valence-electron chi connectivity index (χ4n) is 2.73. The van der Waals surface area contributed by atoms with Gasteiger partial charge >= 0.3 is 0 Å². The number of para-hydroxylation sites is 1. The number of nitriles is 1. The molecule has 4 nitrogen and oxygen atoms in total. The lowest BCUT2D eigenvalue weighted by Crippen LogP contribution is -2.30. The Kier molecular flexibility index (Phi) is 4.26. The van der Waals surface area contributed by atoms with Crippen LogP contribution < -0.4 is 10.1 Å². The van der Waals surface area contributed by atoms with Crippen LogP contribution in [-0.4, -0.2) is 5.91 Å². The van der Waals surface area contributed by atoms with Crippen molar-refractivity contribution in [3.05, 3.63) is 60.2 Å². The van der Waals surface area contributed by atoms with Crippen LogP contribution in [0.1, 0.15) is 31.9 Å². The molecule has 1 aliphatic carbocycles. The van der Waals surface area contributed by atoms with E-state index in [9.17, 15) is 10.1 Å². The van der Waals surface area contributed by atoms with Gasteiger partial charge in [-0.15, -0.1) is 0 Å². The molecule has 3 rings (SSSR count). The van der Waals surface area contributed by atoms with E-state index in [1.54, 1.807) is 6.07 Å². The van der Waals surface area contributed by atoms with E-state index in [-0.39, 0.29) is 17.2 Å². The first-order chi connectivity index (χ1) is 11.5. The molecule has 4 heteroatoms. The molecule has 1 saturated carbocycles. The van der Waals surface area contributed by atoms with Gasteiger partial charge in [0.2, 0.25) is 5.91 Å². The maximum atomic E-state index is 12.2. The third-order valence-electron chi connectivity index (χ3n) is 4.42. The molecule has 2 atom stereocenters. The van der Waals surface area contributed by atoms with Crippen LogP contribution in [0.25, 0.3) is 0 Å². The van der Waals surface area contributed by atoms with E-state index in [1.165, 1.54) is 0 Å². The van der Waals surface area contributed by atoms with Gasteiger partial charge in [-0.25, -0.2) is 0 Å². The molecular formula is C20H20N2O2. The highest BCUT2D eigenvalue weighted by Gasteiger charge is 2.50. The van der Waals surface area contributed by atoms with Crippen molar-refractivity contribution in [3.8, 4) is 17.6 Å². The molecule has 2 aromatic carbocycles. The predicted molar refractivity (Wildman–Crippen MR) is 91.3 cm³/mol. The summed E-state index contributed by atoms with van der Waals surface area (Å²) in [5, 5.41) is 12.3. The van der Waals surface area contributed by atoms with Crippen LogP contribution in [0.2, 0.25) is 0 Å². The Morgan fingerprint density at radius 1 is 1.21 bits per heavy atom. The molecule has 1 amide bonds. The Morgan fingerprint density at radius 2 is 1.88 bits per heavy atom.